The second-order valence-corrected chi connectivity index (χ2v) is 4.89. The highest BCUT2D eigenvalue weighted by molar-refractivity contribution is 5.96. The van der Waals surface area contributed by atoms with Gasteiger partial charge < -0.3 is 10.1 Å². The number of carbonyl (C=O) groups excluding carboxylic acids is 2. The van der Waals surface area contributed by atoms with Crippen LogP contribution in [0, 0.1) is 11.2 Å². The van der Waals surface area contributed by atoms with E-state index in [9.17, 15) is 14.0 Å². The highest BCUT2D eigenvalue weighted by atomic mass is 19.1. The topological polar surface area (TPSA) is 55.4 Å². The molecule has 0 spiro atoms. The fourth-order valence-corrected chi connectivity index (χ4v) is 1.19. The molecule has 0 heterocycles. The van der Waals surface area contributed by atoms with Crippen LogP contribution in [0.4, 0.5) is 10.1 Å². The summed E-state index contributed by atoms with van der Waals surface area (Å²) >= 11 is 0. The number of hydrogen-bond acceptors (Lipinski definition) is 3. The molecule has 1 N–H and O–H groups in total. The van der Waals surface area contributed by atoms with Crippen LogP contribution in [0.3, 0.4) is 0 Å². The van der Waals surface area contributed by atoms with Gasteiger partial charge in [-0.15, -0.1) is 0 Å². The molecule has 0 aliphatic heterocycles. The Bertz CT molecular complexity index is 478. The number of benzene rings is 1. The first-order chi connectivity index (χ1) is 8.25. The summed E-state index contributed by atoms with van der Waals surface area (Å²) < 4.78 is 17.8. The summed E-state index contributed by atoms with van der Waals surface area (Å²) in [5, 5.41) is 2.62. The van der Waals surface area contributed by atoms with E-state index < -0.39 is 17.2 Å². The molecule has 5 heteroatoms. The van der Waals surface area contributed by atoms with Crippen molar-refractivity contribution in [3.05, 3.63) is 29.6 Å². The molecule has 0 aliphatic carbocycles. The molecule has 0 bridgehead atoms. The first kappa shape index (κ1) is 14.2. The van der Waals surface area contributed by atoms with E-state index in [4.69, 9.17) is 0 Å². The van der Waals surface area contributed by atoms with E-state index in [1.54, 1.807) is 20.8 Å². The molecule has 1 aromatic rings. The molecule has 0 fully saturated rings. The predicted molar refractivity (Wildman–Crippen MR) is 65.8 cm³/mol. The van der Waals surface area contributed by atoms with Gasteiger partial charge in [-0.05, 0) is 18.2 Å². The van der Waals surface area contributed by atoms with Crippen molar-refractivity contribution in [1.29, 1.82) is 0 Å². The lowest BCUT2D eigenvalue weighted by Crippen LogP contribution is -2.27. The second kappa shape index (κ2) is 5.16. The van der Waals surface area contributed by atoms with Crippen molar-refractivity contribution in [3.63, 3.8) is 0 Å². The monoisotopic (exact) mass is 253 g/mol. The van der Waals surface area contributed by atoms with Crippen LogP contribution < -0.4 is 5.32 Å². The van der Waals surface area contributed by atoms with Crippen LogP contribution in [0.1, 0.15) is 31.1 Å². The van der Waals surface area contributed by atoms with Gasteiger partial charge in [0.1, 0.15) is 5.82 Å². The lowest BCUT2D eigenvalue weighted by atomic mass is 9.95. The molecular weight excluding hydrogens is 237 g/mol. The van der Waals surface area contributed by atoms with Crippen LogP contribution >= 0.6 is 0 Å². The fourth-order valence-electron chi connectivity index (χ4n) is 1.19. The Morgan fingerprint density at radius 3 is 2.39 bits per heavy atom. The Morgan fingerprint density at radius 2 is 1.89 bits per heavy atom. The van der Waals surface area contributed by atoms with Crippen LogP contribution in [0.15, 0.2) is 18.2 Å². The highest BCUT2D eigenvalue weighted by Gasteiger charge is 2.22. The van der Waals surface area contributed by atoms with Crippen molar-refractivity contribution in [3.8, 4) is 0 Å². The number of hydrogen-bond donors (Lipinski definition) is 1. The zero-order valence-electron chi connectivity index (χ0n) is 10.8. The third-order valence-corrected chi connectivity index (χ3v) is 2.31. The number of ether oxygens (including phenoxy) is 1. The smallest absolute Gasteiger partial charge is 0.340 e. The summed E-state index contributed by atoms with van der Waals surface area (Å²) in [5.41, 5.74) is -0.416. The fraction of sp³-hybridized carbons (Fsp3) is 0.385. The Balaban J connectivity index is 2.99. The van der Waals surface area contributed by atoms with Gasteiger partial charge in [0.25, 0.3) is 0 Å². The molecule has 1 rings (SSSR count). The summed E-state index contributed by atoms with van der Waals surface area (Å²) in [6, 6.07) is 3.76. The average Bonchev–Trinajstić information content (AvgIpc) is 2.29. The van der Waals surface area contributed by atoms with Crippen molar-refractivity contribution < 1.29 is 18.7 Å². The Labute approximate surface area is 105 Å². The van der Waals surface area contributed by atoms with Gasteiger partial charge in [0.15, 0.2) is 0 Å². The van der Waals surface area contributed by atoms with Crippen LogP contribution in [-0.4, -0.2) is 19.0 Å². The van der Waals surface area contributed by atoms with E-state index in [1.807, 2.05) is 0 Å². The summed E-state index contributed by atoms with van der Waals surface area (Å²) in [6.07, 6.45) is 0. The third kappa shape index (κ3) is 3.29. The minimum atomic E-state index is -0.778. The zero-order chi connectivity index (χ0) is 13.9. The van der Waals surface area contributed by atoms with Gasteiger partial charge in [-0.25, -0.2) is 9.18 Å². The molecule has 1 aromatic carbocycles. The average molecular weight is 253 g/mol. The Kier molecular flexibility index (Phi) is 4.06. The Morgan fingerprint density at radius 1 is 1.28 bits per heavy atom. The lowest BCUT2D eigenvalue weighted by Gasteiger charge is -2.17. The molecule has 0 saturated heterocycles. The van der Waals surface area contributed by atoms with Crippen molar-refractivity contribution in [2.45, 2.75) is 20.8 Å². The summed E-state index contributed by atoms with van der Waals surface area (Å²) in [6.45, 7) is 5.27. The number of methoxy groups -OCH3 is 1. The molecule has 4 nitrogen and oxygen atoms in total. The Hall–Kier alpha value is -1.91. The minimum Gasteiger partial charge on any atom is -0.465 e. The van der Waals surface area contributed by atoms with Crippen molar-refractivity contribution in [2.24, 2.45) is 5.41 Å². The molecule has 1 amide bonds. The molecule has 0 radical (unpaired) electrons. The number of anilines is 1. The largest absolute Gasteiger partial charge is 0.465 e. The van der Waals surface area contributed by atoms with Gasteiger partial charge in [-0.1, -0.05) is 20.8 Å². The van der Waals surface area contributed by atoms with Gasteiger partial charge in [0, 0.05) is 11.1 Å². The molecule has 18 heavy (non-hydrogen) atoms. The van der Waals surface area contributed by atoms with Gasteiger partial charge in [0.2, 0.25) is 5.91 Å². The van der Waals surface area contributed by atoms with E-state index in [1.165, 1.54) is 19.2 Å². The van der Waals surface area contributed by atoms with E-state index in [2.05, 4.69) is 10.1 Å². The molecule has 0 aromatic heterocycles. The third-order valence-electron chi connectivity index (χ3n) is 2.31. The van der Waals surface area contributed by atoms with Crippen LogP contribution in [0.5, 0.6) is 0 Å². The summed E-state index contributed by atoms with van der Waals surface area (Å²) in [4.78, 5) is 23.0. The minimum absolute atomic E-state index is 0.204. The van der Waals surface area contributed by atoms with E-state index in [-0.39, 0.29) is 11.5 Å². The van der Waals surface area contributed by atoms with E-state index in [0.29, 0.717) is 5.69 Å². The first-order valence-electron chi connectivity index (χ1n) is 5.45. The summed E-state index contributed by atoms with van der Waals surface area (Å²) in [7, 11) is 1.17. The maximum absolute atomic E-state index is 13.4. The van der Waals surface area contributed by atoms with E-state index >= 15 is 0 Å². The molecule has 0 saturated carbocycles. The number of carbonyl (C=O) groups is 2. The van der Waals surface area contributed by atoms with Crippen LogP contribution in [0.25, 0.3) is 0 Å². The zero-order valence-corrected chi connectivity index (χ0v) is 10.8. The van der Waals surface area contributed by atoms with Crippen molar-refractivity contribution in [2.75, 3.05) is 12.4 Å². The van der Waals surface area contributed by atoms with Gasteiger partial charge in [-0.3, -0.25) is 4.79 Å². The molecule has 0 aliphatic rings. The molecule has 98 valence electrons. The predicted octanol–water partition coefficient (Wildman–Crippen LogP) is 2.60. The molecule has 0 unspecified atom stereocenters. The van der Waals surface area contributed by atoms with Gasteiger partial charge in [-0.2, -0.15) is 0 Å². The highest BCUT2D eigenvalue weighted by Crippen LogP contribution is 2.20. The number of esters is 1. The maximum Gasteiger partial charge on any atom is 0.340 e. The number of halogens is 1. The van der Waals surface area contributed by atoms with Gasteiger partial charge >= 0.3 is 5.97 Å². The lowest BCUT2D eigenvalue weighted by molar-refractivity contribution is -0.123. The molecule has 0 atom stereocenters. The standard InChI is InChI=1S/C13H16FNO3/c1-13(2,3)12(17)15-8-5-6-10(14)9(7-8)11(16)18-4/h5-7H,1-4H3,(H,15,17). The summed E-state index contributed by atoms with van der Waals surface area (Å²) in [5.74, 6) is -1.68. The number of rotatable bonds is 2. The first-order valence-corrected chi connectivity index (χ1v) is 5.45. The quantitative estimate of drug-likeness (QED) is 0.824. The van der Waals surface area contributed by atoms with E-state index in [0.717, 1.165) is 6.07 Å². The normalized spacial score (nSPS) is 10.9. The number of nitrogens with one attached hydrogen (secondary N) is 1. The second-order valence-electron chi connectivity index (χ2n) is 4.89. The van der Waals surface area contributed by atoms with Crippen molar-refractivity contribution >= 4 is 17.6 Å². The van der Waals surface area contributed by atoms with Gasteiger partial charge in [0.05, 0.1) is 12.7 Å². The maximum atomic E-state index is 13.4. The number of amides is 1. The van der Waals surface area contributed by atoms with Crippen LogP contribution in [-0.2, 0) is 9.53 Å². The van der Waals surface area contributed by atoms with Crippen LogP contribution in [0.2, 0.25) is 0 Å². The SMILES string of the molecule is COC(=O)c1cc(NC(=O)C(C)(C)C)ccc1F. The molecular formula is C13H16FNO3. The van der Waals surface area contributed by atoms with Crippen molar-refractivity contribution in [1.82, 2.24) is 0 Å².